The Morgan fingerprint density at radius 3 is 2.50 bits per heavy atom. The van der Waals surface area contributed by atoms with Crippen molar-refractivity contribution in [2.75, 3.05) is 5.32 Å². The molecule has 1 aliphatic carbocycles. The molecule has 1 unspecified atom stereocenters. The highest BCUT2D eigenvalue weighted by atomic mass is 35.5. The van der Waals surface area contributed by atoms with E-state index in [4.69, 9.17) is 16.6 Å². The van der Waals surface area contributed by atoms with Gasteiger partial charge in [-0.25, -0.2) is 19.3 Å². The Balaban J connectivity index is 1.60. The van der Waals surface area contributed by atoms with Crippen LogP contribution < -0.4 is 10.9 Å². The number of halogens is 2. The molecule has 2 aromatic heterocycles. The van der Waals surface area contributed by atoms with Gasteiger partial charge in [0.15, 0.2) is 0 Å². The van der Waals surface area contributed by atoms with Crippen molar-refractivity contribution in [1.29, 1.82) is 0 Å². The lowest BCUT2D eigenvalue weighted by atomic mass is 10.1. The van der Waals surface area contributed by atoms with Crippen LogP contribution in [0, 0.1) is 11.7 Å². The van der Waals surface area contributed by atoms with E-state index in [9.17, 15) is 9.18 Å². The molecule has 1 fully saturated rings. The number of aromatic nitrogens is 4. The number of nitrogens with zero attached hydrogens (tertiary/aromatic N) is 4. The number of hydrogen-bond donors (Lipinski definition) is 1. The van der Waals surface area contributed by atoms with Gasteiger partial charge in [0.2, 0.25) is 0 Å². The van der Waals surface area contributed by atoms with Gasteiger partial charge in [0.05, 0.1) is 38.6 Å². The highest BCUT2D eigenvalue weighted by molar-refractivity contribution is 6.35. The summed E-state index contributed by atoms with van der Waals surface area (Å²) in [5.74, 6) is 0.723. The molecule has 168 valence electrons. The maximum atomic E-state index is 14.8. The summed E-state index contributed by atoms with van der Waals surface area (Å²) in [7, 11) is 0. The van der Waals surface area contributed by atoms with E-state index >= 15 is 0 Å². The summed E-state index contributed by atoms with van der Waals surface area (Å²) >= 11 is 6.41. The minimum atomic E-state index is -0.408. The van der Waals surface area contributed by atoms with Gasteiger partial charge in [-0.05, 0) is 55.2 Å². The third kappa shape index (κ3) is 3.49. The predicted molar refractivity (Wildman–Crippen MR) is 131 cm³/mol. The van der Waals surface area contributed by atoms with Crippen molar-refractivity contribution >= 4 is 39.2 Å². The zero-order chi connectivity index (χ0) is 23.2. The smallest absolute Gasteiger partial charge is 0.267 e. The maximum absolute atomic E-state index is 14.8. The molecule has 3 aromatic carbocycles. The first-order valence-electron chi connectivity index (χ1n) is 11.0. The van der Waals surface area contributed by atoms with Gasteiger partial charge in [-0.15, -0.1) is 0 Å². The Bertz CT molecular complexity index is 1600. The summed E-state index contributed by atoms with van der Waals surface area (Å²) in [4.78, 5) is 27.2. The highest BCUT2D eigenvalue weighted by Crippen LogP contribution is 2.43. The fourth-order valence-corrected chi connectivity index (χ4v) is 4.64. The summed E-state index contributed by atoms with van der Waals surface area (Å²) in [6.45, 7) is 0. The highest BCUT2D eigenvalue weighted by Gasteiger charge is 2.37. The molecular weight excluding hydrogens is 453 g/mol. The SMILES string of the molecule is O=c1c2c(Cl)cccc2nc(C(Nc2ncnc3cccc(F)c23)C2CC2)n1-c1ccccc1. The standard InChI is InChI=1S/C26H19ClFN5O/c27-17-8-4-11-20-21(17)26(34)33(16-6-2-1-3-7-16)25(31-20)23(15-12-13-15)32-24-22-18(28)9-5-10-19(22)29-14-30-24/h1-11,14-15,23H,12-13H2,(H,29,30,32). The number of anilines is 1. The first-order chi connectivity index (χ1) is 16.6. The number of hydrogen-bond acceptors (Lipinski definition) is 5. The lowest BCUT2D eigenvalue weighted by Crippen LogP contribution is -2.29. The number of benzene rings is 3. The van der Waals surface area contributed by atoms with E-state index in [1.165, 1.54) is 12.4 Å². The van der Waals surface area contributed by atoms with E-state index in [0.29, 0.717) is 44.2 Å². The largest absolute Gasteiger partial charge is 0.359 e. The second-order valence-corrected chi connectivity index (χ2v) is 8.80. The minimum Gasteiger partial charge on any atom is -0.359 e. The summed E-state index contributed by atoms with van der Waals surface area (Å²) < 4.78 is 16.4. The van der Waals surface area contributed by atoms with Crippen molar-refractivity contribution in [2.45, 2.75) is 18.9 Å². The van der Waals surface area contributed by atoms with Crippen LogP contribution in [0.4, 0.5) is 10.2 Å². The second-order valence-electron chi connectivity index (χ2n) is 8.40. The fourth-order valence-electron chi connectivity index (χ4n) is 4.39. The first-order valence-corrected chi connectivity index (χ1v) is 11.4. The summed E-state index contributed by atoms with van der Waals surface area (Å²) in [5.41, 5.74) is 1.46. The average molecular weight is 472 g/mol. The Morgan fingerprint density at radius 2 is 1.71 bits per heavy atom. The van der Waals surface area contributed by atoms with Gasteiger partial charge >= 0.3 is 0 Å². The van der Waals surface area contributed by atoms with Crippen LogP contribution in [0.2, 0.25) is 5.02 Å². The molecule has 6 nitrogen and oxygen atoms in total. The van der Waals surface area contributed by atoms with Crippen LogP contribution in [0.3, 0.4) is 0 Å². The van der Waals surface area contributed by atoms with E-state index in [-0.39, 0.29) is 17.5 Å². The van der Waals surface area contributed by atoms with Crippen molar-refractivity contribution in [1.82, 2.24) is 19.5 Å². The number of para-hydroxylation sites is 1. The third-order valence-electron chi connectivity index (χ3n) is 6.16. The molecule has 0 aliphatic heterocycles. The molecule has 8 heteroatoms. The molecule has 34 heavy (non-hydrogen) atoms. The van der Waals surface area contributed by atoms with Crippen molar-refractivity contribution in [3.05, 3.63) is 100 Å². The predicted octanol–water partition coefficient (Wildman–Crippen LogP) is 5.68. The maximum Gasteiger partial charge on any atom is 0.267 e. The molecule has 1 saturated carbocycles. The number of rotatable bonds is 5. The molecule has 0 spiro atoms. The molecule has 2 heterocycles. The van der Waals surface area contributed by atoms with Gasteiger partial charge in [-0.1, -0.05) is 41.9 Å². The van der Waals surface area contributed by atoms with E-state index in [2.05, 4.69) is 15.3 Å². The van der Waals surface area contributed by atoms with Gasteiger partial charge in [-0.2, -0.15) is 0 Å². The quantitative estimate of drug-likeness (QED) is 0.357. The lowest BCUT2D eigenvalue weighted by Gasteiger charge is -2.23. The first kappa shape index (κ1) is 20.7. The molecule has 6 rings (SSSR count). The lowest BCUT2D eigenvalue weighted by molar-refractivity contribution is 0.607. The van der Waals surface area contributed by atoms with Gasteiger partial charge in [0, 0.05) is 0 Å². The van der Waals surface area contributed by atoms with Crippen LogP contribution in [-0.4, -0.2) is 19.5 Å². The Labute approximate surface area is 199 Å². The molecule has 0 bridgehead atoms. The molecule has 1 atom stereocenters. The summed E-state index contributed by atoms with van der Waals surface area (Å²) in [6, 6.07) is 19.0. The van der Waals surface area contributed by atoms with E-state index < -0.39 is 5.82 Å². The minimum absolute atomic E-state index is 0.218. The van der Waals surface area contributed by atoms with Gasteiger partial charge in [0.25, 0.3) is 5.56 Å². The van der Waals surface area contributed by atoms with Gasteiger partial charge in [0.1, 0.15) is 23.8 Å². The van der Waals surface area contributed by atoms with E-state index in [0.717, 1.165) is 12.8 Å². The Morgan fingerprint density at radius 1 is 0.941 bits per heavy atom. The van der Waals surface area contributed by atoms with Crippen LogP contribution in [0.15, 0.2) is 77.9 Å². The molecule has 0 amide bonds. The normalized spacial score (nSPS) is 14.4. The zero-order valence-corrected chi connectivity index (χ0v) is 18.7. The molecule has 5 aromatic rings. The summed E-state index contributed by atoms with van der Waals surface area (Å²) in [5, 5.41) is 4.44. The van der Waals surface area contributed by atoms with Crippen LogP contribution in [0.5, 0.6) is 0 Å². The van der Waals surface area contributed by atoms with Gasteiger partial charge < -0.3 is 5.32 Å². The second kappa shape index (κ2) is 8.18. The van der Waals surface area contributed by atoms with Gasteiger partial charge in [-0.3, -0.25) is 9.36 Å². The van der Waals surface area contributed by atoms with E-state index in [1.807, 2.05) is 30.3 Å². The number of fused-ring (bicyclic) bond motifs is 2. The van der Waals surface area contributed by atoms with Crippen molar-refractivity contribution in [3.63, 3.8) is 0 Å². The van der Waals surface area contributed by atoms with Crippen molar-refractivity contribution < 1.29 is 4.39 Å². The zero-order valence-electron chi connectivity index (χ0n) is 18.0. The topological polar surface area (TPSA) is 72.7 Å². The van der Waals surface area contributed by atoms with Crippen LogP contribution in [0.1, 0.15) is 24.7 Å². The molecular formula is C26H19ClFN5O. The fraction of sp³-hybridized carbons (Fsp3) is 0.154. The monoisotopic (exact) mass is 471 g/mol. The Kier molecular flexibility index (Phi) is 4.99. The van der Waals surface area contributed by atoms with Crippen LogP contribution in [0.25, 0.3) is 27.5 Å². The van der Waals surface area contributed by atoms with Crippen LogP contribution in [-0.2, 0) is 0 Å². The molecule has 0 radical (unpaired) electrons. The Hall–Kier alpha value is -3.84. The number of nitrogens with one attached hydrogen (secondary N) is 1. The summed E-state index contributed by atoms with van der Waals surface area (Å²) in [6.07, 6.45) is 3.33. The average Bonchev–Trinajstić information content (AvgIpc) is 3.68. The molecule has 1 N–H and O–H groups in total. The third-order valence-corrected chi connectivity index (χ3v) is 6.48. The van der Waals surface area contributed by atoms with E-state index in [1.54, 1.807) is 34.9 Å². The van der Waals surface area contributed by atoms with Crippen molar-refractivity contribution in [3.8, 4) is 5.69 Å². The molecule has 1 aliphatic rings. The molecule has 0 saturated heterocycles. The van der Waals surface area contributed by atoms with Crippen LogP contribution >= 0.6 is 11.6 Å². The van der Waals surface area contributed by atoms with Crippen molar-refractivity contribution in [2.24, 2.45) is 5.92 Å².